The van der Waals surface area contributed by atoms with Gasteiger partial charge >= 0.3 is 5.97 Å². The Labute approximate surface area is 143 Å². The molecule has 0 spiro atoms. The normalized spacial score (nSPS) is 10.1. The van der Waals surface area contributed by atoms with Gasteiger partial charge in [-0.15, -0.1) is 23.1 Å². The Morgan fingerprint density at radius 2 is 2.00 bits per heavy atom. The SMILES string of the molecule is COc1ccc(SCC(=O)OCC(=O)NCc2cccs2)cc1. The van der Waals surface area contributed by atoms with Crippen LogP contribution >= 0.6 is 23.1 Å². The van der Waals surface area contributed by atoms with Gasteiger partial charge in [-0.25, -0.2) is 0 Å². The van der Waals surface area contributed by atoms with E-state index in [0.717, 1.165) is 15.5 Å². The van der Waals surface area contributed by atoms with E-state index in [4.69, 9.17) is 9.47 Å². The Morgan fingerprint density at radius 3 is 2.65 bits per heavy atom. The molecule has 0 saturated heterocycles. The van der Waals surface area contributed by atoms with E-state index in [9.17, 15) is 9.59 Å². The second-order valence-electron chi connectivity index (χ2n) is 4.48. The smallest absolute Gasteiger partial charge is 0.316 e. The van der Waals surface area contributed by atoms with E-state index in [1.54, 1.807) is 18.4 Å². The lowest BCUT2D eigenvalue weighted by molar-refractivity contribution is -0.145. The van der Waals surface area contributed by atoms with Crippen molar-refractivity contribution in [1.29, 1.82) is 0 Å². The molecule has 0 bridgehead atoms. The summed E-state index contributed by atoms with van der Waals surface area (Å²) in [7, 11) is 1.60. The number of amides is 1. The first-order valence-corrected chi connectivity index (χ1v) is 8.75. The van der Waals surface area contributed by atoms with Crippen LogP contribution in [0.25, 0.3) is 0 Å². The third-order valence-corrected chi connectivity index (χ3v) is 4.68. The molecule has 2 rings (SSSR count). The quantitative estimate of drug-likeness (QED) is 0.585. The highest BCUT2D eigenvalue weighted by molar-refractivity contribution is 8.00. The maximum absolute atomic E-state index is 11.6. The minimum absolute atomic E-state index is 0.157. The largest absolute Gasteiger partial charge is 0.497 e. The molecule has 7 heteroatoms. The molecule has 2 aromatic rings. The van der Waals surface area contributed by atoms with E-state index in [0.29, 0.717) is 6.54 Å². The van der Waals surface area contributed by atoms with Crippen LogP contribution in [-0.2, 0) is 20.9 Å². The van der Waals surface area contributed by atoms with Gasteiger partial charge in [-0.1, -0.05) is 6.07 Å². The lowest BCUT2D eigenvalue weighted by atomic mass is 10.3. The second-order valence-corrected chi connectivity index (χ2v) is 6.56. The highest BCUT2D eigenvalue weighted by Gasteiger charge is 2.08. The van der Waals surface area contributed by atoms with Crippen LogP contribution < -0.4 is 10.1 Å². The van der Waals surface area contributed by atoms with Crippen LogP contribution in [0, 0.1) is 0 Å². The number of ether oxygens (including phenoxy) is 2. The van der Waals surface area contributed by atoms with Gasteiger partial charge in [-0.2, -0.15) is 0 Å². The molecule has 0 saturated carbocycles. The highest BCUT2D eigenvalue weighted by Crippen LogP contribution is 2.21. The van der Waals surface area contributed by atoms with E-state index >= 15 is 0 Å². The summed E-state index contributed by atoms with van der Waals surface area (Å²) in [6.45, 7) is 0.196. The first-order valence-electron chi connectivity index (χ1n) is 6.89. The topological polar surface area (TPSA) is 64.6 Å². The summed E-state index contributed by atoms with van der Waals surface area (Å²) in [5.74, 6) is 0.197. The third-order valence-electron chi connectivity index (χ3n) is 2.82. The van der Waals surface area contributed by atoms with Gasteiger partial charge in [-0.3, -0.25) is 9.59 Å². The monoisotopic (exact) mass is 351 g/mol. The Bertz CT molecular complexity index is 626. The Morgan fingerprint density at radius 1 is 1.22 bits per heavy atom. The van der Waals surface area contributed by atoms with Crippen molar-refractivity contribution in [2.45, 2.75) is 11.4 Å². The number of carbonyl (C=O) groups excluding carboxylic acids is 2. The number of esters is 1. The van der Waals surface area contributed by atoms with Gasteiger partial charge in [0.25, 0.3) is 5.91 Å². The molecule has 0 aliphatic rings. The summed E-state index contributed by atoms with van der Waals surface area (Å²) >= 11 is 2.91. The van der Waals surface area contributed by atoms with Crippen molar-refractivity contribution in [3.05, 3.63) is 46.7 Å². The molecule has 23 heavy (non-hydrogen) atoms. The lowest BCUT2D eigenvalue weighted by Crippen LogP contribution is -2.28. The molecule has 1 aromatic carbocycles. The van der Waals surface area contributed by atoms with Crippen LogP contribution in [0.4, 0.5) is 0 Å². The molecular weight excluding hydrogens is 334 g/mol. The van der Waals surface area contributed by atoms with Crippen LogP contribution in [0.15, 0.2) is 46.7 Å². The second kappa shape index (κ2) is 9.22. The fourth-order valence-electron chi connectivity index (χ4n) is 1.65. The molecule has 0 unspecified atom stereocenters. The number of thiophene rings is 1. The van der Waals surface area contributed by atoms with Crippen molar-refractivity contribution >= 4 is 35.0 Å². The van der Waals surface area contributed by atoms with Crippen molar-refractivity contribution in [3.8, 4) is 5.75 Å². The first-order chi connectivity index (χ1) is 11.2. The minimum atomic E-state index is -0.419. The average molecular weight is 351 g/mol. The average Bonchev–Trinajstić information content (AvgIpc) is 3.10. The van der Waals surface area contributed by atoms with Crippen molar-refractivity contribution in [3.63, 3.8) is 0 Å². The van der Waals surface area contributed by atoms with Crippen LogP contribution in [0.5, 0.6) is 5.75 Å². The van der Waals surface area contributed by atoms with Crippen LogP contribution in [-0.4, -0.2) is 31.3 Å². The van der Waals surface area contributed by atoms with Crippen LogP contribution in [0.1, 0.15) is 4.88 Å². The molecular formula is C16H17NO4S2. The Hall–Kier alpha value is -1.99. The zero-order valence-corrected chi connectivity index (χ0v) is 14.2. The van der Waals surface area contributed by atoms with E-state index in [1.807, 2.05) is 41.8 Å². The fraction of sp³-hybridized carbons (Fsp3) is 0.250. The summed E-state index contributed by atoms with van der Waals surface area (Å²) < 4.78 is 10.0. The molecule has 122 valence electrons. The van der Waals surface area contributed by atoms with Crippen molar-refractivity contribution in [2.24, 2.45) is 0 Å². The number of hydrogen-bond acceptors (Lipinski definition) is 6. The van der Waals surface area contributed by atoms with Gasteiger partial charge < -0.3 is 14.8 Å². The van der Waals surface area contributed by atoms with Gasteiger partial charge in [0.1, 0.15) is 5.75 Å². The summed E-state index contributed by atoms with van der Waals surface area (Å²) in [4.78, 5) is 25.2. The predicted molar refractivity (Wildman–Crippen MR) is 90.8 cm³/mol. The molecule has 1 aromatic heterocycles. The fourth-order valence-corrected chi connectivity index (χ4v) is 2.99. The van der Waals surface area contributed by atoms with Crippen LogP contribution in [0.3, 0.4) is 0 Å². The summed E-state index contributed by atoms with van der Waals surface area (Å²) in [5.41, 5.74) is 0. The van der Waals surface area contributed by atoms with E-state index in [-0.39, 0.29) is 18.3 Å². The van der Waals surface area contributed by atoms with E-state index in [1.165, 1.54) is 11.8 Å². The number of rotatable bonds is 8. The summed E-state index contributed by atoms with van der Waals surface area (Å²) in [5, 5.41) is 4.64. The number of hydrogen-bond donors (Lipinski definition) is 1. The maximum atomic E-state index is 11.6. The Balaban J connectivity index is 1.63. The first kappa shape index (κ1) is 17.4. The minimum Gasteiger partial charge on any atom is -0.497 e. The van der Waals surface area contributed by atoms with Gasteiger partial charge in [0.15, 0.2) is 6.61 Å². The highest BCUT2D eigenvalue weighted by atomic mass is 32.2. The van der Waals surface area contributed by atoms with Crippen molar-refractivity contribution < 1.29 is 19.1 Å². The zero-order chi connectivity index (χ0) is 16.5. The number of methoxy groups -OCH3 is 1. The number of benzene rings is 1. The van der Waals surface area contributed by atoms with Gasteiger partial charge in [0.2, 0.25) is 0 Å². The molecule has 0 fully saturated rings. The molecule has 1 amide bonds. The van der Waals surface area contributed by atoms with Gasteiger partial charge in [0.05, 0.1) is 19.4 Å². The van der Waals surface area contributed by atoms with Gasteiger partial charge in [-0.05, 0) is 35.7 Å². The van der Waals surface area contributed by atoms with Gasteiger partial charge in [0, 0.05) is 9.77 Å². The van der Waals surface area contributed by atoms with E-state index < -0.39 is 5.97 Å². The van der Waals surface area contributed by atoms with Crippen molar-refractivity contribution in [1.82, 2.24) is 5.32 Å². The summed E-state index contributed by atoms with van der Waals surface area (Å²) in [6, 6.07) is 11.2. The third kappa shape index (κ3) is 6.33. The van der Waals surface area contributed by atoms with Crippen LogP contribution in [0.2, 0.25) is 0 Å². The molecule has 0 aliphatic heterocycles. The molecule has 0 atom stereocenters. The standard InChI is InChI=1S/C16H17NO4S2/c1-20-12-4-6-13(7-5-12)23-11-16(19)21-10-15(18)17-9-14-3-2-8-22-14/h2-8H,9-11H2,1H3,(H,17,18). The predicted octanol–water partition coefficient (Wildman–Crippen LogP) is 2.71. The Kier molecular flexibility index (Phi) is 6.96. The molecule has 5 nitrogen and oxygen atoms in total. The lowest BCUT2D eigenvalue weighted by Gasteiger charge is -2.06. The number of carbonyl (C=O) groups is 2. The number of nitrogens with one attached hydrogen (secondary N) is 1. The van der Waals surface area contributed by atoms with E-state index in [2.05, 4.69) is 5.32 Å². The molecule has 0 radical (unpaired) electrons. The maximum Gasteiger partial charge on any atom is 0.316 e. The molecule has 0 aliphatic carbocycles. The molecule has 1 N–H and O–H groups in total. The summed E-state index contributed by atoms with van der Waals surface area (Å²) in [6.07, 6.45) is 0. The van der Waals surface area contributed by atoms with Crippen molar-refractivity contribution in [2.75, 3.05) is 19.5 Å². The number of thioether (sulfide) groups is 1. The molecule has 1 heterocycles. The zero-order valence-electron chi connectivity index (χ0n) is 12.6.